The minimum atomic E-state index is -0.928. The van der Waals surface area contributed by atoms with Gasteiger partial charge in [-0.15, -0.1) is 0 Å². The number of nitrogens with zero attached hydrogens (tertiary/aromatic N) is 4. The second-order valence-corrected chi connectivity index (χ2v) is 5.73. The molecule has 0 fully saturated rings. The van der Waals surface area contributed by atoms with Crippen LogP contribution in [0.15, 0.2) is 34.9 Å². The molecule has 1 aromatic heterocycles. The quantitative estimate of drug-likeness (QED) is 0.329. The lowest BCUT2D eigenvalue weighted by molar-refractivity contribution is -0.385. The van der Waals surface area contributed by atoms with Gasteiger partial charge >= 0.3 is 5.69 Å². The van der Waals surface area contributed by atoms with Crippen LogP contribution in [-0.2, 0) is 0 Å². The molecular formula is C17H13FN4O7. The van der Waals surface area contributed by atoms with E-state index in [-0.39, 0.29) is 23.7 Å². The molecule has 2 aromatic carbocycles. The molecule has 12 heteroatoms. The van der Waals surface area contributed by atoms with E-state index in [0.717, 1.165) is 29.2 Å². The van der Waals surface area contributed by atoms with Gasteiger partial charge in [0.1, 0.15) is 0 Å². The summed E-state index contributed by atoms with van der Waals surface area (Å²) in [5.74, 6) is -4.68. The fourth-order valence-electron chi connectivity index (χ4n) is 2.53. The van der Waals surface area contributed by atoms with E-state index in [1.54, 1.807) is 6.92 Å². The molecule has 0 atom stereocenters. The standard InChI is InChI=1S/C17H13FN4O7/c1-2-21(9-3-4-10(18)12(23)7-9)17(26)15-19-16(29-20-15)8-5-11(22(27)28)14(25)13(24)6-8/h3-7,23-25H,2H2,1H3. The Bertz CT molecular complexity index is 1120. The molecule has 3 rings (SSSR count). The highest BCUT2D eigenvalue weighted by atomic mass is 19.1. The summed E-state index contributed by atoms with van der Waals surface area (Å²) in [7, 11) is 0. The zero-order valence-corrected chi connectivity index (χ0v) is 14.7. The summed E-state index contributed by atoms with van der Waals surface area (Å²) in [6.07, 6.45) is 0. The molecule has 1 heterocycles. The number of nitro benzene ring substituents is 1. The molecule has 3 aromatic rings. The van der Waals surface area contributed by atoms with Crippen LogP contribution in [-0.4, -0.2) is 42.8 Å². The lowest BCUT2D eigenvalue weighted by atomic mass is 10.1. The van der Waals surface area contributed by atoms with Gasteiger partial charge in [0, 0.05) is 24.4 Å². The highest BCUT2D eigenvalue weighted by molar-refractivity contribution is 6.03. The van der Waals surface area contributed by atoms with Gasteiger partial charge in [0.15, 0.2) is 17.3 Å². The van der Waals surface area contributed by atoms with E-state index in [2.05, 4.69) is 10.1 Å². The third-order valence-corrected chi connectivity index (χ3v) is 3.93. The predicted molar refractivity (Wildman–Crippen MR) is 95.1 cm³/mol. The monoisotopic (exact) mass is 404 g/mol. The Morgan fingerprint density at radius 2 is 1.97 bits per heavy atom. The van der Waals surface area contributed by atoms with E-state index in [9.17, 15) is 34.6 Å². The maximum absolute atomic E-state index is 13.3. The Labute approximate surface area is 161 Å². The molecule has 3 N–H and O–H groups in total. The number of hydrogen-bond donors (Lipinski definition) is 3. The van der Waals surface area contributed by atoms with Crippen molar-refractivity contribution in [3.63, 3.8) is 0 Å². The van der Waals surface area contributed by atoms with Gasteiger partial charge in [-0.2, -0.15) is 4.98 Å². The Balaban J connectivity index is 1.95. The average molecular weight is 404 g/mol. The van der Waals surface area contributed by atoms with Crippen LogP contribution in [0.1, 0.15) is 17.5 Å². The van der Waals surface area contributed by atoms with E-state index < -0.39 is 45.4 Å². The molecule has 150 valence electrons. The number of benzene rings is 2. The van der Waals surface area contributed by atoms with E-state index in [1.807, 2.05) is 0 Å². The first-order chi connectivity index (χ1) is 13.7. The van der Waals surface area contributed by atoms with Crippen LogP contribution in [0.4, 0.5) is 15.8 Å². The summed E-state index contributed by atoms with van der Waals surface area (Å²) in [6, 6.07) is 5.17. The van der Waals surface area contributed by atoms with E-state index in [1.165, 1.54) is 6.07 Å². The zero-order chi connectivity index (χ0) is 21.3. The summed E-state index contributed by atoms with van der Waals surface area (Å²) in [6.45, 7) is 1.75. The number of carbonyl (C=O) groups excluding carboxylic acids is 1. The fraction of sp³-hybridized carbons (Fsp3) is 0.118. The highest BCUT2D eigenvalue weighted by Crippen LogP contribution is 2.39. The van der Waals surface area contributed by atoms with Crippen LogP contribution >= 0.6 is 0 Å². The maximum Gasteiger partial charge on any atom is 0.315 e. The second-order valence-electron chi connectivity index (χ2n) is 5.73. The molecular weight excluding hydrogens is 391 g/mol. The first-order valence-corrected chi connectivity index (χ1v) is 8.07. The van der Waals surface area contributed by atoms with Crippen molar-refractivity contribution < 1.29 is 34.0 Å². The second kappa shape index (κ2) is 7.42. The molecule has 0 radical (unpaired) electrons. The number of anilines is 1. The summed E-state index contributed by atoms with van der Waals surface area (Å²) in [5, 5.41) is 43.2. The molecule has 1 amide bonds. The van der Waals surface area contributed by atoms with Crippen LogP contribution in [0, 0.1) is 15.9 Å². The number of hydrogen-bond acceptors (Lipinski definition) is 9. The van der Waals surface area contributed by atoms with Gasteiger partial charge in [0.05, 0.1) is 10.5 Å². The Kier molecular flexibility index (Phi) is 5.00. The Morgan fingerprint density at radius 3 is 2.59 bits per heavy atom. The predicted octanol–water partition coefficient (Wildman–Crippen LogP) is 2.57. The van der Waals surface area contributed by atoms with Crippen molar-refractivity contribution in [3.05, 3.63) is 52.1 Å². The molecule has 0 saturated heterocycles. The SMILES string of the molecule is CCN(C(=O)c1noc(-c2cc(O)c(O)c([N+](=O)[O-])c2)n1)c1ccc(F)c(O)c1. The van der Waals surface area contributed by atoms with E-state index in [0.29, 0.717) is 0 Å². The first kappa shape index (κ1) is 19.5. The van der Waals surface area contributed by atoms with Crippen LogP contribution in [0.25, 0.3) is 11.5 Å². The average Bonchev–Trinajstić information content (AvgIpc) is 3.17. The van der Waals surface area contributed by atoms with Crippen molar-refractivity contribution in [2.45, 2.75) is 6.92 Å². The highest BCUT2D eigenvalue weighted by Gasteiger charge is 2.26. The van der Waals surface area contributed by atoms with Crippen LogP contribution in [0.5, 0.6) is 17.2 Å². The Hall–Kier alpha value is -4.22. The fourth-order valence-corrected chi connectivity index (χ4v) is 2.53. The van der Waals surface area contributed by atoms with Crippen molar-refractivity contribution in [2.24, 2.45) is 0 Å². The van der Waals surface area contributed by atoms with Crippen molar-refractivity contribution in [1.82, 2.24) is 10.1 Å². The molecule has 0 aliphatic rings. The number of carbonyl (C=O) groups is 1. The van der Waals surface area contributed by atoms with Crippen molar-refractivity contribution in [1.29, 1.82) is 0 Å². The largest absolute Gasteiger partial charge is 0.505 e. The normalized spacial score (nSPS) is 10.7. The molecule has 0 aliphatic heterocycles. The molecule has 0 bridgehead atoms. The van der Waals surface area contributed by atoms with Gasteiger partial charge in [-0.3, -0.25) is 14.9 Å². The van der Waals surface area contributed by atoms with Gasteiger partial charge in [-0.05, 0) is 25.1 Å². The number of rotatable bonds is 5. The number of aromatic nitrogens is 2. The maximum atomic E-state index is 13.3. The number of amides is 1. The molecule has 11 nitrogen and oxygen atoms in total. The first-order valence-electron chi connectivity index (χ1n) is 8.07. The molecule has 29 heavy (non-hydrogen) atoms. The number of nitro groups is 1. The summed E-state index contributed by atoms with van der Waals surface area (Å²) >= 11 is 0. The molecule has 0 spiro atoms. The Morgan fingerprint density at radius 1 is 1.24 bits per heavy atom. The lowest BCUT2D eigenvalue weighted by Gasteiger charge is -2.19. The minimum Gasteiger partial charge on any atom is -0.505 e. The lowest BCUT2D eigenvalue weighted by Crippen LogP contribution is -2.31. The topological polar surface area (TPSA) is 163 Å². The van der Waals surface area contributed by atoms with Crippen molar-refractivity contribution in [3.8, 4) is 28.7 Å². The molecule has 0 aliphatic carbocycles. The van der Waals surface area contributed by atoms with Gasteiger partial charge in [-0.25, -0.2) is 4.39 Å². The zero-order valence-electron chi connectivity index (χ0n) is 14.7. The van der Waals surface area contributed by atoms with Gasteiger partial charge in [-0.1, -0.05) is 5.16 Å². The van der Waals surface area contributed by atoms with Gasteiger partial charge in [0.25, 0.3) is 17.6 Å². The third kappa shape index (κ3) is 3.63. The number of phenols is 3. The molecule has 0 saturated carbocycles. The smallest absolute Gasteiger partial charge is 0.315 e. The summed E-state index contributed by atoms with van der Waals surface area (Å²) < 4.78 is 18.2. The van der Waals surface area contributed by atoms with Gasteiger partial charge in [0.2, 0.25) is 5.75 Å². The third-order valence-electron chi connectivity index (χ3n) is 3.93. The van der Waals surface area contributed by atoms with E-state index in [4.69, 9.17) is 4.52 Å². The summed E-state index contributed by atoms with van der Waals surface area (Å²) in [4.78, 5) is 27.7. The van der Waals surface area contributed by atoms with Gasteiger partial charge < -0.3 is 24.7 Å². The van der Waals surface area contributed by atoms with Crippen LogP contribution < -0.4 is 4.90 Å². The van der Waals surface area contributed by atoms with Crippen LogP contribution in [0.2, 0.25) is 0 Å². The van der Waals surface area contributed by atoms with Crippen molar-refractivity contribution >= 4 is 17.3 Å². The summed E-state index contributed by atoms with van der Waals surface area (Å²) in [5.41, 5.74) is -0.704. The van der Waals surface area contributed by atoms with E-state index >= 15 is 0 Å². The number of phenolic OH excluding ortho intramolecular Hbond substituents is 3. The molecule has 0 unspecified atom stereocenters. The van der Waals surface area contributed by atoms with Crippen LogP contribution in [0.3, 0.4) is 0 Å². The number of halogens is 1. The van der Waals surface area contributed by atoms with Crippen molar-refractivity contribution in [2.75, 3.05) is 11.4 Å². The number of aromatic hydroxyl groups is 3. The minimum absolute atomic E-state index is 0.0963.